The first kappa shape index (κ1) is 18.5. The van der Waals surface area contributed by atoms with Gasteiger partial charge >= 0.3 is 6.18 Å². The molecule has 2 N–H and O–H groups in total. The van der Waals surface area contributed by atoms with Crippen molar-refractivity contribution in [3.63, 3.8) is 0 Å². The lowest BCUT2D eigenvalue weighted by molar-refractivity contribution is -0.136. The topological polar surface area (TPSA) is 57.5 Å². The maximum atomic E-state index is 13.2. The zero-order valence-corrected chi connectivity index (χ0v) is 15.5. The van der Waals surface area contributed by atoms with Crippen molar-refractivity contribution in [2.24, 2.45) is 4.99 Å². The number of allylic oxidation sites excluding steroid dienone is 1. The van der Waals surface area contributed by atoms with E-state index in [0.717, 1.165) is 34.2 Å². The first-order chi connectivity index (χ1) is 13.3. The van der Waals surface area contributed by atoms with E-state index in [1.165, 1.54) is 12.1 Å². The van der Waals surface area contributed by atoms with Gasteiger partial charge in [0.05, 0.1) is 21.8 Å². The van der Waals surface area contributed by atoms with Crippen LogP contribution in [0.4, 0.5) is 29.7 Å². The van der Waals surface area contributed by atoms with E-state index >= 15 is 0 Å². The van der Waals surface area contributed by atoms with Gasteiger partial charge in [0, 0.05) is 22.4 Å². The Morgan fingerprint density at radius 2 is 1.93 bits per heavy atom. The van der Waals surface area contributed by atoms with Crippen LogP contribution in [0.2, 0.25) is 5.02 Å². The third-order valence-electron chi connectivity index (χ3n) is 4.01. The molecule has 0 saturated carbocycles. The lowest BCUT2D eigenvalue weighted by Gasteiger charge is -2.13. The van der Waals surface area contributed by atoms with Gasteiger partial charge in [-0.15, -0.1) is 0 Å². The normalized spacial score (nSPS) is 14.5. The zero-order valence-electron chi connectivity index (χ0n) is 14.0. The fraction of sp³-hybridized carbons (Fsp3) is 0.0526. The van der Waals surface area contributed by atoms with Crippen molar-refractivity contribution in [3.05, 3.63) is 63.5 Å². The van der Waals surface area contributed by atoms with Crippen molar-refractivity contribution >= 4 is 57.3 Å². The summed E-state index contributed by atoms with van der Waals surface area (Å²) in [6, 6.07) is 10.9. The molecule has 4 nitrogen and oxygen atoms in total. The molecule has 0 aliphatic carbocycles. The highest BCUT2D eigenvalue weighted by Crippen LogP contribution is 2.40. The number of hydrogen-bond acceptors (Lipinski definition) is 5. The standard InChI is InChI=1S/C19H11ClF3N3OS/c20-11-5-6-15(13(8-11)19(21,22)23)25-18-26-17(27)16(28-18)7-10-9-24-14-4-2-1-3-12(10)14/h1-9,27H,(H,25,26). The molecule has 0 radical (unpaired) electrons. The van der Waals surface area contributed by atoms with Crippen LogP contribution in [0.15, 0.2) is 47.5 Å². The molecule has 2 aromatic carbocycles. The molecule has 0 bridgehead atoms. The van der Waals surface area contributed by atoms with Gasteiger partial charge in [0.15, 0.2) is 5.13 Å². The Balaban J connectivity index is 1.66. The molecule has 142 valence electrons. The number of alkyl halides is 3. The van der Waals surface area contributed by atoms with E-state index in [0.29, 0.717) is 4.88 Å². The van der Waals surface area contributed by atoms with Crippen LogP contribution in [0.3, 0.4) is 0 Å². The highest BCUT2D eigenvalue weighted by atomic mass is 35.5. The lowest BCUT2D eigenvalue weighted by atomic mass is 10.1. The molecule has 0 saturated heterocycles. The van der Waals surface area contributed by atoms with Crippen molar-refractivity contribution in [2.45, 2.75) is 6.18 Å². The van der Waals surface area contributed by atoms with E-state index in [2.05, 4.69) is 15.3 Å². The van der Waals surface area contributed by atoms with Crippen LogP contribution in [0.25, 0.3) is 11.6 Å². The number of halogens is 4. The summed E-state index contributed by atoms with van der Waals surface area (Å²) in [7, 11) is 0. The second-order valence-corrected chi connectivity index (χ2v) is 7.36. The summed E-state index contributed by atoms with van der Waals surface area (Å²) >= 11 is 6.72. The largest absolute Gasteiger partial charge is 0.492 e. The van der Waals surface area contributed by atoms with Crippen molar-refractivity contribution in [1.82, 2.24) is 4.98 Å². The average molecular weight is 422 g/mol. The maximum Gasteiger partial charge on any atom is 0.418 e. The highest BCUT2D eigenvalue weighted by Gasteiger charge is 2.34. The smallest absolute Gasteiger partial charge is 0.418 e. The van der Waals surface area contributed by atoms with Crippen molar-refractivity contribution in [3.8, 4) is 5.88 Å². The second kappa shape index (κ2) is 6.96. The van der Waals surface area contributed by atoms with Gasteiger partial charge in [-0.2, -0.15) is 18.2 Å². The van der Waals surface area contributed by atoms with Gasteiger partial charge in [-0.25, -0.2) is 0 Å². The minimum atomic E-state index is -4.58. The number of para-hydroxylation sites is 1. The third kappa shape index (κ3) is 3.61. The van der Waals surface area contributed by atoms with E-state index in [-0.39, 0.29) is 21.7 Å². The Bertz CT molecular complexity index is 1120. The molecule has 28 heavy (non-hydrogen) atoms. The average Bonchev–Trinajstić information content (AvgIpc) is 3.20. The number of rotatable bonds is 3. The van der Waals surface area contributed by atoms with E-state index < -0.39 is 11.7 Å². The molecule has 1 aromatic heterocycles. The number of anilines is 2. The molecule has 0 amide bonds. The monoisotopic (exact) mass is 421 g/mol. The number of aliphatic imine (C=N–C) groups is 1. The zero-order chi connectivity index (χ0) is 19.9. The summed E-state index contributed by atoms with van der Waals surface area (Å²) in [6.07, 6.45) is -1.22. The van der Waals surface area contributed by atoms with Crippen LogP contribution in [0.5, 0.6) is 5.88 Å². The Morgan fingerprint density at radius 3 is 2.71 bits per heavy atom. The van der Waals surface area contributed by atoms with E-state index in [1.807, 2.05) is 24.3 Å². The Labute approximate surface area is 166 Å². The number of nitrogens with zero attached hydrogens (tertiary/aromatic N) is 2. The summed E-state index contributed by atoms with van der Waals surface area (Å²) in [5.41, 5.74) is 1.39. The van der Waals surface area contributed by atoms with Gasteiger partial charge < -0.3 is 10.4 Å². The predicted octanol–water partition coefficient (Wildman–Crippen LogP) is 6.52. The fourth-order valence-corrected chi connectivity index (χ4v) is 3.74. The van der Waals surface area contributed by atoms with E-state index in [9.17, 15) is 18.3 Å². The Kier molecular flexibility index (Phi) is 4.60. The first-order valence-corrected chi connectivity index (χ1v) is 9.19. The Hall–Kier alpha value is -2.84. The predicted molar refractivity (Wildman–Crippen MR) is 106 cm³/mol. The number of fused-ring (bicyclic) bond motifs is 1. The number of aromatic hydroxyl groups is 1. The summed E-state index contributed by atoms with van der Waals surface area (Å²) in [5.74, 6) is -0.277. The van der Waals surface area contributed by atoms with Gasteiger partial charge in [-0.3, -0.25) is 4.99 Å². The molecule has 1 aliphatic heterocycles. The first-order valence-electron chi connectivity index (χ1n) is 8.00. The molecule has 0 fully saturated rings. The molecule has 0 unspecified atom stereocenters. The van der Waals surface area contributed by atoms with Gasteiger partial charge in [0.25, 0.3) is 0 Å². The van der Waals surface area contributed by atoms with Crippen molar-refractivity contribution < 1.29 is 18.3 Å². The highest BCUT2D eigenvalue weighted by molar-refractivity contribution is 7.16. The summed E-state index contributed by atoms with van der Waals surface area (Å²) in [4.78, 5) is 8.61. The molecule has 4 rings (SSSR count). The number of benzene rings is 2. The number of hydrogen-bond donors (Lipinski definition) is 2. The molecule has 0 atom stereocenters. The molecule has 2 heterocycles. The second-order valence-electron chi connectivity index (χ2n) is 5.89. The summed E-state index contributed by atoms with van der Waals surface area (Å²) in [6.45, 7) is 0. The number of nitrogens with one attached hydrogen (secondary N) is 1. The SMILES string of the molecule is Oc1nc(Nc2ccc(Cl)cc2C(F)(F)F)sc1C=C1C=Nc2ccccc21. The fourth-order valence-electron chi connectivity index (χ4n) is 2.74. The van der Waals surface area contributed by atoms with Gasteiger partial charge in [-0.05, 0) is 30.3 Å². The third-order valence-corrected chi connectivity index (χ3v) is 5.15. The van der Waals surface area contributed by atoms with Gasteiger partial charge in [0.1, 0.15) is 0 Å². The molecule has 9 heteroatoms. The number of aromatic nitrogens is 1. The minimum Gasteiger partial charge on any atom is -0.492 e. The minimum absolute atomic E-state index is 0.0236. The quantitative estimate of drug-likeness (QED) is 0.506. The molecular formula is C19H11ClF3N3OS. The summed E-state index contributed by atoms with van der Waals surface area (Å²) in [5, 5.41) is 12.8. The lowest BCUT2D eigenvalue weighted by Crippen LogP contribution is -2.08. The van der Waals surface area contributed by atoms with Crippen molar-refractivity contribution in [1.29, 1.82) is 0 Å². The van der Waals surface area contributed by atoms with Crippen LogP contribution >= 0.6 is 22.9 Å². The molecule has 3 aromatic rings. The van der Waals surface area contributed by atoms with Crippen LogP contribution < -0.4 is 5.32 Å². The summed E-state index contributed by atoms with van der Waals surface area (Å²) < 4.78 is 39.7. The van der Waals surface area contributed by atoms with Gasteiger partial charge in [-0.1, -0.05) is 41.1 Å². The van der Waals surface area contributed by atoms with E-state index in [4.69, 9.17) is 11.6 Å². The number of thiazole rings is 1. The van der Waals surface area contributed by atoms with Crippen LogP contribution in [-0.4, -0.2) is 16.3 Å². The van der Waals surface area contributed by atoms with Crippen LogP contribution in [0.1, 0.15) is 16.0 Å². The molecule has 0 spiro atoms. The van der Waals surface area contributed by atoms with E-state index in [1.54, 1.807) is 12.3 Å². The maximum absolute atomic E-state index is 13.2. The Morgan fingerprint density at radius 1 is 1.14 bits per heavy atom. The molecular weight excluding hydrogens is 411 g/mol. The van der Waals surface area contributed by atoms with Crippen LogP contribution in [-0.2, 0) is 6.18 Å². The van der Waals surface area contributed by atoms with Crippen LogP contribution in [0, 0.1) is 0 Å². The van der Waals surface area contributed by atoms with Crippen molar-refractivity contribution in [2.75, 3.05) is 5.32 Å². The molecule has 1 aliphatic rings. The van der Waals surface area contributed by atoms with Gasteiger partial charge in [0.2, 0.25) is 5.88 Å².